The molecule has 0 radical (unpaired) electrons. The quantitative estimate of drug-likeness (QED) is 0.165. The number of allylic oxidation sites excluding steroid dienone is 1. The minimum atomic E-state index is 0.398. The Morgan fingerprint density at radius 2 is 1.03 bits per heavy atom. The fraction of sp³-hybridized carbons (Fsp3) is 0.714. The highest BCUT2D eigenvalue weighted by molar-refractivity contribution is 5.21. The second-order valence-corrected chi connectivity index (χ2v) is 9.05. The van der Waals surface area contributed by atoms with Gasteiger partial charge in [0.2, 0.25) is 0 Å². The van der Waals surface area contributed by atoms with E-state index in [2.05, 4.69) is 36.4 Å². The number of ether oxygens (including phenoxy) is 8. The Balaban J connectivity index is 1.04. The average Bonchev–Trinajstić information content (AvgIpc) is 3.53. The third-order valence-electron chi connectivity index (χ3n) is 6.27. The van der Waals surface area contributed by atoms with E-state index in [0.717, 1.165) is 11.5 Å². The number of benzene rings is 1. The van der Waals surface area contributed by atoms with Gasteiger partial charge in [-0.05, 0) is 29.9 Å². The van der Waals surface area contributed by atoms with Crippen LogP contribution in [0.5, 0.6) is 0 Å². The van der Waals surface area contributed by atoms with Gasteiger partial charge in [-0.15, -0.1) is 0 Å². The van der Waals surface area contributed by atoms with Crippen molar-refractivity contribution >= 4 is 0 Å². The lowest BCUT2D eigenvalue weighted by Gasteiger charge is -2.19. The maximum absolute atomic E-state index is 6.14. The molecule has 204 valence electrons. The van der Waals surface area contributed by atoms with Crippen LogP contribution in [-0.4, -0.2) is 92.5 Å². The minimum absolute atomic E-state index is 0.398. The van der Waals surface area contributed by atoms with Crippen LogP contribution in [0.3, 0.4) is 0 Å². The van der Waals surface area contributed by atoms with Gasteiger partial charge in [-0.25, -0.2) is 0 Å². The molecule has 0 spiro atoms. The second kappa shape index (κ2) is 18.8. The molecule has 2 bridgehead atoms. The average molecular weight is 509 g/mol. The standard InChI is InChI=1S/C28H44O8/c1-29-8-9-30-10-11-31-12-13-32-14-15-33-16-17-34-18-19-35-22-24-2-4-25(5-3-24)23-36-28-21-26-6-7-27(28)20-26/h2-7,26-28H,8-23H2,1H3. The fourth-order valence-electron chi connectivity index (χ4n) is 4.29. The van der Waals surface area contributed by atoms with Gasteiger partial charge in [-0.3, -0.25) is 0 Å². The normalized spacial score (nSPS) is 20.5. The van der Waals surface area contributed by atoms with Crippen molar-refractivity contribution in [1.29, 1.82) is 0 Å². The first-order valence-electron chi connectivity index (χ1n) is 13.2. The fourth-order valence-corrected chi connectivity index (χ4v) is 4.29. The van der Waals surface area contributed by atoms with Gasteiger partial charge in [-0.2, -0.15) is 0 Å². The smallest absolute Gasteiger partial charge is 0.0720 e. The summed E-state index contributed by atoms with van der Waals surface area (Å²) >= 11 is 0. The van der Waals surface area contributed by atoms with Gasteiger partial charge in [-0.1, -0.05) is 36.4 Å². The number of hydrogen-bond acceptors (Lipinski definition) is 8. The van der Waals surface area contributed by atoms with Gasteiger partial charge < -0.3 is 37.9 Å². The molecule has 0 heterocycles. The van der Waals surface area contributed by atoms with Crippen LogP contribution in [0.15, 0.2) is 36.4 Å². The Labute approximate surface area is 216 Å². The number of rotatable bonds is 23. The first kappa shape index (κ1) is 29.2. The van der Waals surface area contributed by atoms with Crippen molar-refractivity contribution in [2.24, 2.45) is 11.8 Å². The van der Waals surface area contributed by atoms with Crippen LogP contribution in [0.4, 0.5) is 0 Å². The third kappa shape index (κ3) is 12.3. The molecule has 2 aliphatic carbocycles. The summed E-state index contributed by atoms with van der Waals surface area (Å²) in [4.78, 5) is 0. The predicted molar refractivity (Wildman–Crippen MR) is 136 cm³/mol. The van der Waals surface area contributed by atoms with E-state index in [9.17, 15) is 0 Å². The van der Waals surface area contributed by atoms with Crippen LogP contribution in [0.25, 0.3) is 0 Å². The second-order valence-electron chi connectivity index (χ2n) is 9.05. The highest BCUT2D eigenvalue weighted by Gasteiger charge is 2.36. The molecule has 1 saturated carbocycles. The molecule has 0 N–H and O–H groups in total. The largest absolute Gasteiger partial charge is 0.382 e. The molecular formula is C28H44O8. The molecule has 36 heavy (non-hydrogen) atoms. The highest BCUT2D eigenvalue weighted by Crippen LogP contribution is 2.40. The summed E-state index contributed by atoms with van der Waals surface area (Å²) in [6, 6.07) is 8.49. The lowest BCUT2D eigenvalue weighted by Crippen LogP contribution is -2.17. The molecule has 0 saturated heterocycles. The number of hydrogen-bond donors (Lipinski definition) is 0. The monoisotopic (exact) mass is 508 g/mol. The molecule has 8 nitrogen and oxygen atoms in total. The summed E-state index contributed by atoms with van der Waals surface area (Å²) in [6.07, 6.45) is 7.53. The molecule has 2 aliphatic rings. The third-order valence-corrected chi connectivity index (χ3v) is 6.27. The summed E-state index contributed by atoms with van der Waals surface area (Å²) in [5.41, 5.74) is 2.37. The predicted octanol–water partition coefficient (Wildman–Crippen LogP) is 3.41. The Bertz CT molecular complexity index is 695. The first-order valence-corrected chi connectivity index (χ1v) is 13.2. The zero-order valence-electron chi connectivity index (χ0n) is 21.8. The van der Waals surface area contributed by atoms with Crippen molar-refractivity contribution in [3.8, 4) is 0 Å². The molecule has 0 amide bonds. The lowest BCUT2D eigenvalue weighted by molar-refractivity contribution is -0.0198. The van der Waals surface area contributed by atoms with Gasteiger partial charge in [0.05, 0.1) is 98.6 Å². The molecule has 1 aromatic carbocycles. The van der Waals surface area contributed by atoms with Crippen molar-refractivity contribution in [2.45, 2.75) is 32.2 Å². The van der Waals surface area contributed by atoms with Crippen molar-refractivity contribution in [1.82, 2.24) is 0 Å². The van der Waals surface area contributed by atoms with Gasteiger partial charge >= 0.3 is 0 Å². The summed E-state index contributed by atoms with van der Waals surface area (Å²) in [5.74, 6) is 1.37. The van der Waals surface area contributed by atoms with E-state index in [1.165, 1.54) is 18.4 Å². The van der Waals surface area contributed by atoms with Gasteiger partial charge in [0.15, 0.2) is 0 Å². The Kier molecular flexibility index (Phi) is 15.3. The van der Waals surface area contributed by atoms with E-state index >= 15 is 0 Å². The number of fused-ring (bicyclic) bond motifs is 2. The summed E-state index contributed by atoms with van der Waals surface area (Å²) in [5, 5.41) is 0. The van der Waals surface area contributed by atoms with Crippen LogP contribution in [0.2, 0.25) is 0 Å². The summed E-state index contributed by atoms with van der Waals surface area (Å²) < 4.78 is 43.9. The van der Waals surface area contributed by atoms with Crippen molar-refractivity contribution in [3.63, 3.8) is 0 Å². The van der Waals surface area contributed by atoms with Crippen LogP contribution >= 0.6 is 0 Å². The van der Waals surface area contributed by atoms with E-state index in [1.807, 2.05) is 0 Å². The minimum Gasteiger partial charge on any atom is -0.382 e. The molecule has 8 heteroatoms. The van der Waals surface area contributed by atoms with Gasteiger partial charge in [0, 0.05) is 13.0 Å². The molecule has 1 aromatic rings. The van der Waals surface area contributed by atoms with Gasteiger partial charge in [0.25, 0.3) is 0 Å². The topological polar surface area (TPSA) is 73.8 Å². The zero-order chi connectivity index (χ0) is 25.1. The van der Waals surface area contributed by atoms with Crippen molar-refractivity contribution in [3.05, 3.63) is 47.5 Å². The molecule has 1 fully saturated rings. The SMILES string of the molecule is COCCOCCOCCOCCOCCOCCOCc1ccc(COC2CC3C=CC2C3)cc1. The Hall–Kier alpha value is -1.36. The Morgan fingerprint density at radius 3 is 1.47 bits per heavy atom. The van der Waals surface area contributed by atoms with Crippen molar-refractivity contribution in [2.75, 3.05) is 86.4 Å². The van der Waals surface area contributed by atoms with Crippen LogP contribution in [0, 0.1) is 11.8 Å². The summed E-state index contributed by atoms with van der Waals surface area (Å²) in [6.45, 7) is 7.97. The number of methoxy groups -OCH3 is 1. The van der Waals surface area contributed by atoms with Crippen LogP contribution in [-0.2, 0) is 51.1 Å². The van der Waals surface area contributed by atoms with E-state index in [-0.39, 0.29) is 0 Å². The molecule has 3 rings (SSSR count). The Morgan fingerprint density at radius 1 is 0.556 bits per heavy atom. The molecule has 3 atom stereocenters. The van der Waals surface area contributed by atoms with Gasteiger partial charge in [0.1, 0.15) is 0 Å². The van der Waals surface area contributed by atoms with Crippen LogP contribution in [0.1, 0.15) is 24.0 Å². The van der Waals surface area contributed by atoms with Crippen LogP contribution < -0.4 is 0 Å². The van der Waals surface area contributed by atoms with E-state index < -0.39 is 0 Å². The van der Waals surface area contributed by atoms with E-state index in [4.69, 9.17) is 37.9 Å². The van der Waals surface area contributed by atoms with E-state index in [0.29, 0.717) is 105 Å². The molecular weight excluding hydrogens is 464 g/mol. The van der Waals surface area contributed by atoms with Crippen molar-refractivity contribution < 1.29 is 37.9 Å². The molecule has 3 unspecified atom stereocenters. The highest BCUT2D eigenvalue weighted by atomic mass is 16.6. The molecule has 0 aliphatic heterocycles. The lowest BCUT2D eigenvalue weighted by atomic mass is 10.0. The zero-order valence-corrected chi connectivity index (χ0v) is 21.8. The van der Waals surface area contributed by atoms with E-state index in [1.54, 1.807) is 7.11 Å². The maximum atomic E-state index is 6.14. The first-order chi connectivity index (χ1) is 17.8. The summed E-state index contributed by atoms with van der Waals surface area (Å²) in [7, 11) is 1.65. The maximum Gasteiger partial charge on any atom is 0.0720 e. The molecule has 0 aromatic heterocycles.